The van der Waals surface area contributed by atoms with E-state index in [-0.39, 0.29) is 0 Å². The van der Waals surface area contributed by atoms with E-state index in [0.717, 1.165) is 29.9 Å². The van der Waals surface area contributed by atoms with Gasteiger partial charge in [-0.3, -0.25) is 0 Å². The van der Waals surface area contributed by atoms with Crippen molar-refractivity contribution < 1.29 is 9.90 Å². The fourth-order valence-corrected chi connectivity index (χ4v) is 2.32. The molecule has 0 aliphatic heterocycles. The zero-order valence-corrected chi connectivity index (χ0v) is 10.2. The molecule has 4 heteroatoms. The van der Waals surface area contributed by atoms with Gasteiger partial charge in [0.05, 0.1) is 22.9 Å². The van der Waals surface area contributed by atoms with Gasteiger partial charge in [-0.15, -0.1) is 0 Å². The van der Waals surface area contributed by atoms with Crippen LogP contribution in [0.1, 0.15) is 36.0 Å². The number of carbonyl (C=O) groups is 1. The van der Waals surface area contributed by atoms with Crippen molar-refractivity contribution in [1.82, 2.24) is 9.55 Å². The molecule has 0 bridgehead atoms. The van der Waals surface area contributed by atoms with Gasteiger partial charge in [-0.25, -0.2) is 9.78 Å². The number of fused-ring (bicyclic) bond motifs is 1. The number of aryl methyl sites for hydroxylation is 1. The van der Waals surface area contributed by atoms with Crippen molar-refractivity contribution in [3.8, 4) is 0 Å². The van der Waals surface area contributed by atoms with Gasteiger partial charge in [-0.1, -0.05) is 12.8 Å². The maximum Gasteiger partial charge on any atom is 0.335 e. The summed E-state index contributed by atoms with van der Waals surface area (Å²) in [5.41, 5.74) is 2.11. The van der Waals surface area contributed by atoms with E-state index in [1.165, 1.54) is 19.3 Å². The number of carboxylic acid groups (broad SMARTS) is 1. The van der Waals surface area contributed by atoms with E-state index in [1.807, 2.05) is 6.33 Å². The summed E-state index contributed by atoms with van der Waals surface area (Å²) in [5, 5.41) is 9.00. The van der Waals surface area contributed by atoms with Crippen LogP contribution in [0.3, 0.4) is 0 Å². The van der Waals surface area contributed by atoms with Gasteiger partial charge in [0, 0.05) is 6.54 Å². The van der Waals surface area contributed by atoms with Crippen LogP contribution >= 0.6 is 0 Å². The molecule has 1 N–H and O–H groups in total. The molecule has 0 spiro atoms. The summed E-state index contributed by atoms with van der Waals surface area (Å²) in [6.45, 7) is 0.927. The summed E-state index contributed by atoms with van der Waals surface area (Å²) in [4.78, 5) is 15.3. The Kier molecular flexibility index (Phi) is 2.78. The highest BCUT2D eigenvalue weighted by molar-refractivity contribution is 5.92. The molecular weight excluding hydrogens is 228 g/mol. The van der Waals surface area contributed by atoms with E-state index in [1.54, 1.807) is 18.2 Å². The highest BCUT2D eigenvalue weighted by Crippen LogP contribution is 2.33. The number of carboxylic acids is 1. The Balaban J connectivity index is 1.81. The number of rotatable bonds is 5. The fraction of sp³-hybridized carbons (Fsp3) is 0.429. The molecule has 0 saturated heterocycles. The number of imidazole rings is 1. The molecule has 18 heavy (non-hydrogen) atoms. The molecule has 4 nitrogen and oxygen atoms in total. The standard InChI is InChI=1S/C14H16N2O2/c17-14(18)11-5-6-12-13(8-11)16(9-15-12)7-1-2-10-3-4-10/h5-6,8-10H,1-4,7H2,(H,17,18). The minimum Gasteiger partial charge on any atom is -0.478 e. The number of aromatic nitrogens is 2. The molecule has 1 aliphatic carbocycles. The molecule has 0 atom stereocenters. The van der Waals surface area contributed by atoms with Crippen LogP contribution in [0.15, 0.2) is 24.5 Å². The van der Waals surface area contributed by atoms with Crippen molar-refractivity contribution in [2.75, 3.05) is 0 Å². The van der Waals surface area contributed by atoms with Crippen LogP contribution < -0.4 is 0 Å². The Morgan fingerprint density at radius 3 is 3.00 bits per heavy atom. The van der Waals surface area contributed by atoms with Crippen LogP contribution in [0.5, 0.6) is 0 Å². The number of benzene rings is 1. The minimum atomic E-state index is -0.886. The number of nitrogens with zero attached hydrogens (tertiary/aromatic N) is 2. The van der Waals surface area contributed by atoms with Gasteiger partial charge in [0.15, 0.2) is 0 Å². The Labute approximate surface area is 105 Å². The number of aromatic carboxylic acids is 1. The van der Waals surface area contributed by atoms with Crippen LogP contribution in [0, 0.1) is 5.92 Å². The van der Waals surface area contributed by atoms with Crippen molar-refractivity contribution in [2.45, 2.75) is 32.2 Å². The predicted molar refractivity (Wildman–Crippen MR) is 68.7 cm³/mol. The lowest BCUT2D eigenvalue weighted by Crippen LogP contribution is -1.99. The quantitative estimate of drug-likeness (QED) is 0.879. The summed E-state index contributed by atoms with van der Waals surface area (Å²) >= 11 is 0. The van der Waals surface area contributed by atoms with Crippen molar-refractivity contribution in [3.05, 3.63) is 30.1 Å². The fourth-order valence-electron chi connectivity index (χ4n) is 2.32. The monoisotopic (exact) mass is 244 g/mol. The van der Waals surface area contributed by atoms with Crippen LogP contribution in [0.25, 0.3) is 11.0 Å². The summed E-state index contributed by atoms with van der Waals surface area (Å²) in [7, 11) is 0. The average Bonchev–Trinajstić information content (AvgIpc) is 3.09. The highest BCUT2D eigenvalue weighted by atomic mass is 16.4. The Hall–Kier alpha value is -1.84. The largest absolute Gasteiger partial charge is 0.478 e. The molecule has 0 unspecified atom stereocenters. The van der Waals surface area contributed by atoms with Crippen molar-refractivity contribution in [1.29, 1.82) is 0 Å². The molecular formula is C14H16N2O2. The third-order valence-electron chi connectivity index (χ3n) is 3.58. The maximum absolute atomic E-state index is 11.0. The molecule has 1 saturated carbocycles. The molecule has 94 valence electrons. The third kappa shape index (κ3) is 2.23. The van der Waals surface area contributed by atoms with Crippen LogP contribution in [-0.4, -0.2) is 20.6 Å². The minimum absolute atomic E-state index is 0.325. The SMILES string of the molecule is O=C(O)c1ccc2ncn(CCCC3CC3)c2c1. The maximum atomic E-state index is 11.0. The molecule has 1 aliphatic rings. The first kappa shape index (κ1) is 11.3. The smallest absolute Gasteiger partial charge is 0.335 e. The first-order chi connectivity index (χ1) is 8.74. The zero-order chi connectivity index (χ0) is 12.5. The second kappa shape index (κ2) is 4.44. The van der Waals surface area contributed by atoms with Gasteiger partial charge in [-0.2, -0.15) is 0 Å². The third-order valence-corrected chi connectivity index (χ3v) is 3.58. The molecule has 0 amide bonds. The molecule has 0 radical (unpaired) electrons. The molecule has 1 aromatic heterocycles. The lowest BCUT2D eigenvalue weighted by atomic mass is 10.2. The Bertz CT molecular complexity index is 584. The van der Waals surface area contributed by atoms with Crippen molar-refractivity contribution in [3.63, 3.8) is 0 Å². The summed E-state index contributed by atoms with van der Waals surface area (Å²) in [5.74, 6) is 0.0528. The lowest BCUT2D eigenvalue weighted by Gasteiger charge is -2.04. The number of hydrogen-bond acceptors (Lipinski definition) is 2. The zero-order valence-electron chi connectivity index (χ0n) is 10.2. The van der Waals surface area contributed by atoms with E-state index in [2.05, 4.69) is 9.55 Å². The van der Waals surface area contributed by atoms with Crippen LogP contribution in [-0.2, 0) is 6.54 Å². The lowest BCUT2D eigenvalue weighted by molar-refractivity contribution is 0.0697. The summed E-state index contributed by atoms with van der Waals surface area (Å²) < 4.78 is 2.06. The summed E-state index contributed by atoms with van der Waals surface area (Å²) in [6, 6.07) is 5.09. The van der Waals surface area contributed by atoms with E-state index >= 15 is 0 Å². The van der Waals surface area contributed by atoms with Gasteiger partial charge in [0.2, 0.25) is 0 Å². The predicted octanol–water partition coefficient (Wildman–Crippen LogP) is 2.92. The molecule has 1 aromatic carbocycles. The van der Waals surface area contributed by atoms with E-state index in [9.17, 15) is 4.79 Å². The molecule has 1 heterocycles. The van der Waals surface area contributed by atoms with Gasteiger partial charge in [-0.05, 0) is 37.0 Å². The van der Waals surface area contributed by atoms with Crippen molar-refractivity contribution in [2.24, 2.45) is 5.92 Å². The van der Waals surface area contributed by atoms with Crippen LogP contribution in [0.2, 0.25) is 0 Å². The normalized spacial score (nSPS) is 15.1. The first-order valence-corrected chi connectivity index (χ1v) is 6.42. The average molecular weight is 244 g/mol. The Morgan fingerprint density at radius 1 is 1.44 bits per heavy atom. The number of hydrogen-bond donors (Lipinski definition) is 1. The van der Waals surface area contributed by atoms with Gasteiger partial charge < -0.3 is 9.67 Å². The molecule has 1 fully saturated rings. The Morgan fingerprint density at radius 2 is 2.28 bits per heavy atom. The van der Waals surface area contributed by atoms with Gasteiger partial charge >= 0.3 is 5.97 Å². The summed E-state index contributed by atoms with van der Waals surface area (Å²) in [6.07, 6.45) is 7.00. The molecule has 2 aromatic rings. The van der Waals surface area contributed by atoms with E-state index < -0.39 is 5.97 Å². The van der Waals surface area contributed by atoms with E-state index in [4.69, 9.17) is 5.11 Å². The van der Waals surface area contributed by atoms with Crippen LogP contribution in [0.4, 0.5) is 0 Å². The van der Waals surface area contributed by atoms with E-state index in [0.29, 0.717) is 5.56 Å². The van der Waals surface area contributed by atoms with Crippen molar-refractivity contribution >= 4 is 17.0 Å². The topological polar surface area (TPSA) is 55.1 Å². The molecule has 3 rings (SSSR count). The van der Waals surface area contributed by atoms with Gasteiger partial charge in [0.25, 0.3) is 0 Å². The second-order valence-corrected chi connectivity index (χ2v) is 5.03. The second-order valence-electron chi connectivity index (χ2n) is 5.03. The highest BCUT2D eigenvalue weighted by Gasteiger charge is 2.20. The first-order valence-electron chi connectivity index (χ1n) is 6.42. The van der Waals surface area contributed by atoms with Gasteiger partial charge in [0.1, 0.15) is 0 Å².